The first-order chi connectivity index (χ1) is 6.99. The van der Waals surface area contributed by atoms with Gasteiger partial charge in [-0.2, -0.15) is 5.10 Å². The van der Waals surface area contributed by atoms with Crippen molar-refractivity contribution in [2.75, 3.05) is 18.6 Å². The Hall–Kier alpha value is -1.44. The van der Waals surface area contributed by atoms with Crippen LogP contribution in [-0.2, 0) is 9.84 Å². The van der Waals surface area contributed by atoms with Crippen LogP contribution in [0.25, 0.3) is 0 Å². The van der Waals surface area contributed by atoms with Crippen molar-refractivity contribution in [1.29, 1.82) is 0 Å². The van der Waals surface area contributed by atoms with Crippen molar-refractivity contribution in [3.63, 3.8) is 0 Å². The molecule has 1 heterocycles. The first kappa shape index (κ1) is 11.6. The van der Waals surface area contributed by atoms with Crippen LogP contribution >= 0.6 is 0 Å². The normalized spacial score (nSPS) is 11.3. The van der Waals surface area contributed by atoms with Crippen LogP contribution in [0.4, 0.5) is 0 Å². The fourth-order valence-corrected chi connectivity index (χ4v) is 1.60. The number of aromatic amines is 1. The van der Waals surface area contributed by atoms with Gasteiger partial charge >= 0.3 is 0 Å². The molecule has 0 saturated heterocycles. The Bertz CT molecular complexity index is 411. The van der Waals surface area contributed by atoms with Crippen LogP contribution in [0.15, 0.2) is 6.33 Å². The molecule has 0 saturated carbocycles. The summed E-state index contributed by atoms with van der Waals surface area (Å²) in [4.78, 5) is 14.9. The first-order valence-corrected chi connectivity index (χ1v) is 6.36. The van der Waals surface area contributed by atoms with Gasteiger partial charge in [0.05, 0.1) is 5.75 Å². The zero-order chi connectivity index (χ0) is 11.3. The molecule has 0 aliphatic heterocycles. The van der Waals surface area contributed by atoms with Gasteiger partial charge in [-0.15, -0.1) is 0 Å². The minimum Gasteiger partial charge on any atom is -0.349 e. The van der Waals surface area contributed by atoms with Crippen LogP contribution in [0.2, 0.25) is 0 Å². The Morgan fingerprint density at radius 2 is 2.33 bits per heavy atom. The molecule has 0 aliphatic carbocycles. The second kappa shape index (κ2) is 4.87. The molecule has 0 bridgehead atoms. The van der Waals surface area contributed by atoms with Gasteiger partial charge in [0.25, 0.3) is 5.91 Å². The Morgan fingerprint density at radius 3 is 2.87 bits per heavy atom. The highest BCUT2D eigenvalue weighted by atomic mass is 32.2. The number of rotatable bonds is 5. The lowest BCUT2D eigenvalue weighted by molar-refractivity contribution is 0.0943. The molecule has 0 unspecified atom stereocenters. The van der Waals surface area contributed by atoms with E-state index in [4.69, 9.17) is 0 Å². The molecule has 0 aromatic carbocycles. The average Bonchev–Trinajstić information content (AvgIpc) is 2.63. The van der Waals surface area contributed by atoms with Gasteiger partial charge in [-0.05, 0) is 6.42 Å². The second-order valence-corrected chi connectivity index (χ2v) is 5.33. The number of carbonyl (C=O) groups excluding carboxylic acids is 1. The Morgan fingerprint density at radius 1 is 1.60 bits per heavy atom. The van der Waals surface area contributed by atoms with Gasteiger partial charge in [-0.25, -0.2) is 13.4 Å². The molecule has 1 aromatic heterocycles. The van der Waals surface area contributed by atoms with Crippen molar-refractivity contribution in [2.24, 2.45) is 0 Å². The molecular formula is C7H12N4O3S. The number of nitrogens with zero attached hydrogens (tertiary/aromatic N) is 2. The van der Waals surface area contributed by atoms with Crippen molar-refractivity contribution < 1.29 is 13.2 Å². The molecule has 0 fully saturated rings. The number of aromatic nitrogens is 3. The summed E-state index contributed by atoms with van der Waals surface area (Å²) in [6.45, 7) is 0.298. The fraction of sp³-hybridized carbons (Fsp3) is 0.571. The Kier molecular flexibility index (Phi) is 3.78. The van der Waals surface area contributed by atoms with E-state index in [1.807, 2.05) is 0 Å². The SMILES string of the molecule is CS(=O)(=O)CCCNC(=O)c1ncn[nH]1. The highest BCUT2D eigenvalue weighted by molar-refractivity contribution is 7.90. The van der Waals surface area contributed by atoms with Crippen molar-refractivity contribution >= 4 is 15.7 Å². The van der Waals surface area contributed by atoms with Gasteiger partial charge in [-0.3, -0.25) is 9.89 Å². The zero-order valence-corrected chi connectivity index (χ0v) is 9.04. The molecule has 0 atom stereocenters. The molecule has 8 heteroatoms. The highest BCUT2D eigenvalue weighted by Crippen LogP contribution is 1.89. The lowest BCUT2D eigenvalue weighted by atomic mass is 10.4. The number of sulfone groups is 1. The number of amides is 1. The number of nitrogens with one attached hydrogen (secondary N) is 2. The van der Waals surface area contributed by atoms with Crippen LogP contribution in [0.1, 0.15) is 17.0 Å². The predicted molar refractivity (Wildman–Crippen MR) is 53.0 cm³/mol. The van der Waals surface area contributed by atoms with E-state index in [9.17, 15) is 13.2 Å². The maximum absolute atomic E-state index is 11.2. The number of carbonyl (C=O) groups is 1. The summed E-state index contributed by atoms with van der Waals surface area (Å²) in [5.41, 5.74) is 0. The summed E-state index contributed by atoms with van der Waals surface area (Å²) in [6, 6.07) is 0. The molecule has 15 heavy (non-hydrogen) atoms. The van der Waals surface area contributed by atoms with E-state index in [-0.39, 0.29) is 17.5 Å². The molecule has 1 rings (SSSR count). The predicted octanol–water partition coefficient (Wildman–Crippen LogP) is -1.03. The quantitative estimate of drug-likeness (QED) is 0.631. The van der Waals surface area contributed by atoms with Crippen LogP contribution in [0, 0.1) is 0 Å². The van der Waals surface area contributed by atoms with E-state index in [0.29, 0.717) is 13.0 Å². The summed E-state index contributed by atoms with van der Waals surface area (Å²) < 4.78 is 21.5. The molecule has 0 radical (unpaired) electrons. The standard InChI is InChI=1S/C7H12N4O3S/c1-15(13,14)4-2-3-8-7(12)6-9-5-10-11-6/h5H,2-4H2,1H3,(H,8,12)(H,9,10,11). The minimum absolute atomic E-state index is 0.0592. The smallest absolute Gasteiger partial charge is 0.288 e. The van der Waals surface area contributed by atoms with Gasteiger partial charge in [0.1, 0.15) is 16.2 Å². The van der Waals surface area contributed by atoms with Gasteiger partial charge in [0.2, 0.25) is 5.82 Å². The number of hydrogen-bond acceptors (Lipinski definition) is 5. The van der Waals surface area contributed by atoms with E-state index in [1.165, 1.54) is 6.33 Å². The summed E-state index contributed by atoms with van der Waals surface area (Å²) in [7, 11) is -2.96. The van der Waals surface area contributed by atoms with Gasteiger partial charge < -0.3 is 5.32 Å². The van der Waals surface area contributed by atoms with Gasteiger partial charge in [0, 0.05) is 12.8 Å². The third kappa shape index (κ3) is 4.54. The fourth-order valence-electron chi connectivity index (χ4n) is 0.935. The van der Waals surface area contributed by atoms with E-state index < -0.39 is 9.84 Å². The summed E-state index contributed by atoms with van der Waals surface area (Å²) in [5, 5.41) is 8.44. The van der Waals surface area contributed by atoms with E-state index in [0.717, 1.165) is 6.26 Å². The molecule has 7 nitrogen and oxygen atoms in total. The van der Waals surface area contributed by atoms with Gasteiger partial charge in [-0.1, -0.05) is 0 Å². The largest absolute Gasteiger partial charge is 0.349 e. The zero-order valence-electron chi connectivity index (χ0n) is 8.23. The van der Waals surface area contributed by atoms with Crippen LogP contribution in [0.3, 0.4) is 0 Å². The highest BCUT2D eigenvalue weighted by Gasteiger charge is 2.07. The topological polar surface area (TPSA) is 105 Å². The minimum atomic E-state index is -2.96. The third-order valence-corrected chi connectivity index (χ3v) is 2.64. The second-order valence-electron chi connectivity index (χ2n) is 3.07. The van der Waals surface area contributed by atoms with Crippen LogP contribution < -0.4 is 5.32 Å². The molecule has 84 valence electrons. The van der Waals surface area contributed by atoms with Gasteiger partial charge in [0.15, 0.2) is 0 Å². The molecule has 2 N–H and O–H groups in total. The Balaban J connectivity index is 2.24. The number of hydrogen-bond donors (Lipinski definition) is 2. The summed E-state index contributed by atoms with van der Waals surface area (Å²) >= 11 is 0. The maximum Gasteiger partial charge on any atom is 0.288 e. The maximum atomic E-state index is 11.2. The van der Waals surface area contributed by atoms with Crippen molar-refractivity contribution in [3.05, 3.63) is 12.2 Å². The molecule has 0 spiro atoms. The molecular weight excluding hydrogens is 220 g/mol. The molecule has 1 amide bonds. The lowest BCUT2D eigenvalue weighted by Crippen LogP contribution is -2.26. The van der Waals surface area contributed by atoms with Crippen molar-refractivity contribution in [3.8, 4) is 0 Å². The van der Waals surface area contributed by atoms with E-state index in [1.54, 1.807) is 0 Å². The first-order valence-electron chi connectivity index (χ1n) is 4.30. The van der Waals surface area contributed by atoms with Crippen LogP contribution in [0.5, 0.6) is 0 Å². The number of H-pyrrole nitrogens is 1. The lowest BCUT2D eigenvalue weighted by Gasteiger charge is -2.01. The van der Waals surface area contributed by atoms with Crippen LogP contribution in [-0.4, -0.2) is 48.1 Å². The molecule has 0 aliphatic rings. The van der Waals surface area contributed by atoms with Crippen molar-refractivity contribution in [2.45, 2.75) is 6.42 Å². The van der Waals surface area contributed by atoms with E-state index >= 15 is 0 Å². The Labute approximate surface area is 87.2 Å². The third-order valence-electron chi connectivity index (χ3n) is 1.61. The monoisotopic (exact) mass is 232 g/mol. The van der Waals surface area contributed by atoms with Crippen molar-refractivity contribution in [1.82, 2.24) is 20.5 Å². The average molecular weight is 232 g/mol. The summed E-state index contributed by atoms with van der Waals surface area (Å²) in [5.74, 6) is -0.209. The molecule has 1 aromatic rings. The van der Waals surface area contributed by atoms with E-state index in [2.05, 4.69) is 20.5 Å². The summed E-state index contributed by atoms with van der Waals surface area (Å²) in [6.07, 6.45) is 2.77.